The van der Waals surface area contributed by atoms with Crippen molar-refractivity contribution in [2.24, 2.45) is 23.7 Å². The van der Waals surface area contributed by atoms with Crippen molar-refractivity contribution >= 4 is 5.97 Å². The topological polar surface area (TPSA) is 98.1 Å². The van der Waals surface area contributed by atoms with E-state index in [1.807, 2.05) is 45.9 Å². The summed E-state index contributed by atoms with van der Waals surface area (Å²) in [4.78, 5) is 16.9. The summed E-state index contributed by atoms with van der Waals surface area (Å²) in [7, 11) is 0. The fraction of sp³-hybridized carbons (Fsp3) is 0.500. The third kappa shape index (κ3) is 6.17. The number of hydrogen-bond donors (Lipinski definition) is 2. The molecule has 0 bridgehead atoms. The first kappa shape index (κ1) is 31.4. The van der Waals surface area contributed by atoms with Crippen LogP contribution >= 0.6 is 0 Å². The van der Waals surface area contributed by atoms with Crippen LogP contribution in [0.1, 0.15) is 67.3 Å². The van der Waals surface area contributed by atoms with Gasteiger partial charge in [0.25, 0.3) is 0 Å². The third-order valence-corrected chi connectivity index (χ3v) is 9.70. The molecule has 0 saturated heterocycles. The number of halogens is 2. The van der Waals surface area contributed by atoms with Crippen LogP contribution in [0.3, 0.4) is 0 Å². The van der Waals surface area contributed by atoms with E-state index in [0.29, 0.717) is 42.6 Å². The zero-order valence-corrected chi connectivity index (χ0v) is 26.4. The molecule has 3 aliphatic carbocycles. The van der Waals surface area contributed by atoms with Crippen LogP contribution in [0.2, 0.25) is 0 Å². The predicted octanol–water partition coefficient (Wildman–Crippen LogP) is 6.21. The molecule has 1 aromatic heterocycles. The summed E-state index contributed by atoms with van der Waals surface area (Å²) in [6.45, 7) is 9.38. The van der Waals surface area contributed by atoms with Crippen molar-refractivity contribution in [3.8, 4) is 22.8 Å². The second-order valence-electron chi connectivity index (χ2n) is 13.7. The van der Waals surface area contributed by atoms with Crippen LogP contribution in [0, 0.1) is 49.2 Å². The lowest BCUT2D eigenvalue weighted by Crippen LogP contribution is -2.49. The number of benzene rings is 2. The van der Waals surface area contributed by atoms with E-state index < -0.39 is 17.2 Å². The summed E-state index contributed by atoms with van der Waals surface area (Å²) in [6.07, 6.45) is 3.69. The first-order chi connectivity index (χ1) is 21.4. The summed E-state index contributed by atoms with van der Waals surface area (Å²) in [5.41, 5.74) is 3.71. The molecule has 0 aliphatic heterocycles. The van der Waals surface area contributed by atoms with Gasteiger partial charge in [-0.1, -0.05) is 13.8 Å². The number of fused-ring (bicyclic) bond motifs is 3. The van der Waals surface area contributed by atoms with E-state index in [0.717, 1.165) is 34.7 Å². The van der Waals surface area contributed by atoms with E-state index in [9.17, 15) is 19.4 Å². The third-order valence-electron chi connectivity index (χ3n) is 9.70. The number of carbonyl (C=O) groups is 1. The molecule has 7 nitrogen and oxygen atoms in total. The van der Waals surface area contributed by atoms with Crippen molar-refractivity contribution in [2.45, 2.75) is 78.1 Å². The summed E-state index contributed by atoms with van der Waals surface area (Å²) < 4.78 is 47.5. The zero-order chi connectivity index (χ0) is 32.2. The normalized spacial score (nSPS) is 24.4. The lowest BCUT2D eigenvalue weighted by molar-refractivity contribution is -0.146. The number of aromatic nitrogens is 1. The highest BCUT2D eigenvalue weighted by molar-refractivity contribution is 5.79. The Bertz CT molecular complexity index is 1590. The number of carbonyl (C=O) groups excluding carboxylic acids is 1. The van der Waals surface area contributed by atoms with Gasteiger partial charge in [-0.25, -0.2) is 13.8 Å². The molecule has 2 fully saturated rings. The number of rotatable bonds is 11. The van der Waals surface area contributed by atoms with Crippen LogP contribution in [-0.4, -0.2) is 46.1 Å². The van der Waals surface area contributed by atoms with Gasteiger partial charge in [0.05, 0.1) is 30.8 Å². The van der Waals surface area contributed by atoms with Crippen molar-refractivity contribution in [3.05, 3.63) is 76.0 Å². The molecular formula is C36H41F2NO6. The molecule has 6 rings (SSSR count). The fourth-order valence-electron chi connectivity index (χ4n) is 6.97. The predicted molar refractivity (Wildman–Crippen MR) is 164 cm³/mol. The van der Waals surface area contributed by atoms with Crippen molar-refractivity contribution in [1.82, 2.24) is 4.98 Å². The Balaban J connectivity index is 1.12. The van der Waals surface area contributed by atoms with Crippen molar-refractivity contribution in [2.75, 3.05) is 13.2 Å². The SMILES string of the molecule is Cc1cc(OC2CC(C(C)(O)CO)C2)cc(C)c1-c1cc(COc2cc3c(cn2)C2C(C3)C2C(=O)OCC(C)C)c(F)cc1F. The molecule has 3 aromatic rings. The molecule has 2 aromatic carbocycles. The molecule has 4 unspecified atom stereocenters. The maximum absolute atomic E-state index is 15.2. The first-order valence-corrected chi connectivity index (χ1v) is 15.7. The first-order valence-electron chi connectivity index (χ1n) is 15.7. The van der Waals surface area contributed by atoms with E-state index in [1.165, 1.54) is 6.07 Å². The minimum atomic E-state index is -1.12. The molecule has 45 heavy (non-hydrogen) atoms. The molecule has 2 N–H and O–H groups in total. The van der Waals surface area contributed by atoms with Crippen LogP contribution in [0.25, 0.3) is 11.1 Å². The minimum absolute atomic E-state index is 0.0296. The molecule has 9 heteroatoms. The molecule has 0 amide bonds. The molecule has 1 heterocycles. The maximum atomic E-state index is 15.2. The molecule has 0 spiro atoms. The van der Waals surface area contributed by atoms with Crippen molar-refractivity contribution in [3.63, 3.8) is 0 Å². The average Bonchev–Trinajstić information content (AvgIpc) is 3.54. The number of pyridine rings is 1. The maximum Gasteiger partial charge on any atom is 0.309 e. The summed E-state index contributed by atoms with van der Waals surface area (Å²) in [6, 6.07) is 7.91. The number of nitrogens with zero attached hydrogens (tertiary/aromatic N) is 1. The summed E-state index contributed by atoms with van der Waals surface area (Å²) in [5, 5.41) is 19.6. The largest absolute Gasteiger partial charge is 0.490 e. The Morgan fingerprint density at radius 1 is 1.09 bits per heavy atom. The van der Waals surface area contributed by atoms with Crippen LogP contribution < -0.4 is 9.47 Å². The molecule has 0 radical (unpaired) electrons. The number of aliphatic hydroxyl groups is 2. The number of ether oxygens (including phenoxy) is 3. The van der Waals surface area contributed by atoms with Gasteiger partial charge in [0.15, 0.2) is 0 Å². The van der Waals surface area contributed by atoms with E-state index in [4.69, 9.17) is 14.2 Å². The molecule has 3 aliphatic rings. The Kier molecular flexibility index (Phi) is 8.37. The molecule has 2 saturated carbocycles. The summed E-state index contributed by atoms with van der Waals surface area (Å²) in [5.74, 6) is 0.0122. The molecular weight excluding hydrogens is 580 g/mol. The highest BCUT2D eigenvalue weighted by Crippen LogP contribution is 2.62. The minimum Gasteiger partial charge on any atom is -0.490 e. The fourth-order valence-corrected chi connectivity index (χ4v) is 6.97. The Hall–Kier alpha value is -3.56. The number of hydrogen-bond acceptors (Lipinski definition) is 7. The Labute approximate surface area is 262 Å². The quantitative estimate of drug-likeness (QED) is 0.246. The van der Waals surface area contributed by atoms with Gasteiger partial charge in [0, 0.05) is 35.4 Å². The van der Waals surface area contributed by atoms with Gasteiger partial charge in [-0.05, 0) is 104 Å². The highest BCUT2D eigenvalue weighted by atomic mass is 19.1. The number of aryl methyl sites for hydroxylation is 2. The van der Waals surface area contributed by atoms with Gasteiger partial charge in [-0.15, -0.1) is 0 Å². The van der Waals surface area contributed by atoms with Crippen LogP contribution in [0.4, 0.5) is 8.78 Å². The van der Waals surface area contributed by atoms with Crippen molar-refractivity contribution < 1.29 is 38.0 Å². The Morgan fingerprint density at radius 3 is 2.47 bits per heavy atom. The zero-order valence-electron chi connectivity index (χ0n) is 26.4. The van der Waals surface area contributed by atoms with Gasteiger partial charge in [0.2, 0.25) is 5.88 Å². The lowest BCUT2D eigenvalue weighted by Gasteiger charge is -2.43. The smallest absolute Gasteiger partial charge is 0.309 e. The van der Waals surface area contributed by atoms with Crippen molar-refractivity contribution in [1.29, 1.82) is 0 Å². The molecule has 240 valence electrons. The van der Waals surface area contributed by atoms with E-state index >= 15 is 4.39 Å². The molecule has 4 atom stereocenters. The van der Waals surface area contributed by atoms with E-state index in [-0.39, 0.29) is 60.1 Å². The average molecular weight is 622 g/mol. The monoisotopic (exact) mass is 621 g/mol. The van der Waals surface area contributed by atoms with Gasteiger partial charge < -0.3 is 24.4 Å². The Morgan fingerprint density at radius 2 is 1.80 bits per heavy atom. The standard InChI is InChI=1S/C36H41F2NO6/c1-18(2)15-44-35(41)34-27-8-21-10-31(39-14-28(21)33(27)34)43-16-22-9-26(30(38)13-29(22)37)32-19(3)6-24(7-20(32)4)45-25-11-23(12-25)36(5,42)17-40/h6-7,9-10,13-14,18,23,25,27,33-34,40,42H,8,11-12,15-17H2,1-5H3. The van der Waals surface area contributed by atoms with E-state index in [2.05, 4.69) is 4.98 Å². The van der Waals surface area contributed by atoms with E-state index in [1.54, 1.807) is 13.1 Å². The highest BCUT2D eigenvalue weighted by Gasteiger charge is 2.60. The van der Waals surface area contributed by atoms with Crippen LogP contribution in [0.15, 0.2) is 36.5 Å². The number of esters is 1. The van der Waals surface area contributed by atoms with Gasteiger partial charge in [0.1, 0.15) is 24.0 Å². The van der Waals surface area contributed by atoms with Gasteiger partial charge in [-0.3, -0.25) is 4.79 Å². The van der Waals surface area contributed by atoms with Crippen LogP contribution in [-0.2, 0) is 22.6 Å². The van der Waals surface area contributed by atoms with Crippen LogP contribution in [0.5, 0.6) is 11.6 Å². The second kappa shape index (κ2) is 12.0. The van der Waals surface area contributed by atoms with Gasteiger partial charge >= 0.3 is 5.97 Å². The second-order valence-corrected chi connectivity index (χ2v) is 13.7. The van der Waals surface area contributed by atoms with Gasteiger partial charge in [-0.2, -0.15) is 0 Å². The summed E-state index contributed by atoms with van der Waals surface area (Å²) >= 11 is 0. The lowest BCUT2D eigenvalue weighted by atomic mass is 9.72. The number of aliphatic hydroxyl groups excluding tert-OH is 1.